The fraction of sp³-hybridized carbons (Fsp3) is 0.571. The van der Waals surface area contributed by atoms with Gasteiger partial charge in [-0.3, -0.25) is 4.79 Å². The predicted octanol–water partition coefficient (Wildman–Crippen LogP) is 0.219. The van der Waals surface area contributed by atoms with Crippen LogP contribution in [0.2, 0.25) is 0 Å². The van der Waals surface area contributed by atoms with Crippen LogP contribution >= 0.6 is 0 Å². The van der Waals surface area contributed by atoms with Crippen LogP contribution in [0.4, 0.5) is 0 Å². The third kappa shape index (κ3) is 1.61. The third-order valence-corrected chi connectivity index (χ3v) is 1.47. The van der Waals surface area contributed by atoms with Gasteiger partial charge in [0.2, 0.25) is 5.82 Å². The van der Waals surface area contributed by atoms with Gasteiger partial charge in [-0.1, -0.05) is 0 Å². The Kier molecular flexibility index (Phi) is 2.42. The largest absolute Gasteiger partial charge is 0.352 e. The van der Waals surface area contributed by atoms with Crippen molar-refractivity contribution in [2.45, 2.75) is 19.9 Å². The average molecular weight is 168 g/mol. The quantitative estimate of drug-likeness (QED) is 0.687. The summed E-state index contributed by atoms with van der Waals surface area (Å²) < 4.78 is 1.64. The maximum atomic E-state index is 11.0. The van der Waals surface area contributed by atoms with Gasteiger partial charge < -0.3 is 5.32 Å². The highest BCUT2D eigenvalue weighted by molar-refractivity contribution is 5.89. The van der Waals surface area contributed by atoms with Crippen molar-refractivity contribution in [1.29, 1.82) is 0 Å². The number of amides is 1. The van der Waals surface area contributed by atoms with Gasteiger partial charge in [-0.05, 0) is 13.8 Å². The van der Waals surface area contributed by atoms with E-state index in [-0.39, 0.29) is 17.8 Å². The number of nitrogens with one attached hydrogen (secondary N) is 1. The number of nitrogens with zero attached hydrogens (tertiary/aromatic N) is 3. The molecule has 1 amide bonds. The van der Waals surface area contributed by atoms with E-state index in [0.717, 1.165) is 0 Å². The third-order valence-electron chi connectivity index (χ3n) is 1.47. The summed E-state index contributed by atoms with van der Waals surface area (Å²) >= 11 is 0. The summed E-state index contributed by atoms with van der Waals surface area (Å²) in [5.74, 6) is -0.0411. The van der Waals surface area contributed by atoms with E-state index in [4.69, 9.17) is 0 Å². The van der Waals surface area contributed by atoms with Crippen LogP contribution in [0.5, 0.6) is 0 Å². The van der Waals surface area contributed by atoms with Crippen molar-refractivity contribution >= 4 is 5.91 Å². The summed E-state index contributed by atoms with van der Waals surface area (Å²) in [4.78, 5) is 14.8. The highest BCUT2D eigenvalue weighted by Crippen LogP contribution is 2.00. The summed E-state index contributed by atoms with van der Waals surface area (Å²) in [5, 5.41) is 6.43. The van der Waals surface area contributed by atoms with Crippen molar-refractivity contribution in [3.63, 3.8) is 0 Å². The summed E-state index contributed by atoms with van der Waals surface area (Å²) in [5.41, 5.74) is 0. The Morgan fingerprint density at radius 3 is 2.75 bits per heavy atom. The van der Waals surface area contributed by atoms with Crippen molar-refractivity contribution in [2.24, 2.45) is 0 Å². The molecule has 5 heteroatoms. The Bertz CT molecular complexity index is 279. The fourth-order valence-electron chi connectivity index (χ4n) is 0.740. The van der Waals surface area contributed by atoms with E-state index in [9.17, 15) is 4.79 Å². The van der Waals surface area contributed by atoms with Crippen LogP contribution in [0.25, 0.3) is 0 Å². The van der Waals surface area contributed by atoms with Crippen molar-refractivity contribution in [2.75, 3.05) is 7.05 Å². The number of carbonyl (C=O) groups is 1. The van der Waals surface area contributed by atoms with Crippen LogP contribution in [0, 0.1) is 0 Å². The zero-order chi connectivity index (χ0) is 9.14. The first-order chi connectivity index (χ1) is 5.65. The lowest BCUT2D eigenvalue weighted by atomic mass is 10.4. The molecule has 1 aromatic heterocycles. The molecule has 0 fully saturated rings. The van der Waals surface area contributed by atoms with Crippen molar-refractivity contribution in [3.8, 4) is 0 Å². The molecule has 0 aromatic carbocycles. The molecule has 0 radical (unpaired) electrons. The Hall–Kier alpha value is -1.39. The van der Waals surface area contributed by atoms with E-state index in [2.05, 4.69) is 15.4 Å². The zero-order valence-corrected chi connectivity index (χ0v) is 7.40. The van der Waals surface area contributed by atoms with E-state index in [1.54, 1.807) is 18.1 Å². The maximum absolute atomic E-state index is 11.0. The SMILES string of the molecule is CNC(=O)c1ncn(C(C)C)n1. The molecule has 1 heterocycles. The minimum Gasteiger partial charge on any atom is -0.352 e. The lowest BCUT2D eigenvalue weighted by Gasteiger charge is -2.01. The predicted molar refractivity (Wildman–Crippen MR) is 43.8 cm³/mol. The molecule has 0 saturated heterocycles. The standard InChI is InChI=1S/C7H12N4O/c1-5(2)11-4-9-6(10-11)7(12)8-3/h4-5H,1-3H3,(H,8,12). The minimum absolute atomic E-state index is 0.214. The van der Waals surface area contributed by atoms with E-state index in [1.165, 1.54) is 0 Å². The molecule has 0 aliphatic rings. The van der Waals surface area contributed by atoms with Gasteiger partial charge in [-0.25, -0.2) is 9.67 Å². The van der Waals surface area contributed by atoms with Crippen LogP contribution in [-0.4, -0.2) is 27.7 Å². The Morgan fingerprint density at radius 1 is 1.67 bits per heavy atom. The van der Waals surface area contributed by atoms with E-state index in [1.807, 2.05) is 13.8 Å². The van der Waals surface area contributed by atoms with Gasteiger partial charge in [0.1, 0.15) is 6.33 Å². The lowest BCUT2D eigenvalue weighted by Crippen LogP contribution is -2.19. The summed E-state index contributed by atoms with van der Waals surface area (Å²) in [6.45, 7) is 3.95. The molecule has 1 aromatic rings. The average Bonchev–Trinajstić information content (AvgIpc) is 2.51. The molecule has 12 heavy (non-hydrogen) atoms. The van der Waals surface area contributed by atoms with Gasteiger partial charge in [0.15, 0.2) is 0 Å². The molecule has 0 aliphatic heterocycles. The molecular formula is C7H12N4O. The lowest BCUT2D eigenvalue weighted by molar-refractivity contribution is 0.0952. The number of hydrogen-bond acceptors (Lipinski definition) is 3. The highest BCUT2D eigenvalue weighted by Gasteiger charge is 2.09. The Morgan fingerprint density at radius 2 is 2.33 bits per heavy atom. The van der Waals surface area contributed by atoms with Gasteiger partial charge in [0.05, 0.1) is 0 Å². The molecule has 1 rings (SSSR count). The molecule has 5 nitrogen and oxygen atoms in total. The van der Waals surface area contributed by atoms with Gasteiger partial charge >= 0.3 is 0 Å². The first-order valence-corrected chi connectivity index (χ1v) is 3.78. The highest BCUT2D eigenvalue weighted by atomic mass is 16.2. The smallest absolute Gasteiger partial charge is 0.290 e. The molecule has 0 unspecified atom stereocenters. The normalized spacial score (nSPS) is 10.3. The molecule has 0 spiro atoms. The van der Waals surface area contributed by atoms with E-state index < -0.39 is 0 Å². The van der Waals surface area contributed by atoms with Crippen molar-refractivity contribution < 1.29 is 4.79 Å². The Balaban J connectivity index is 2.84. The first-order valence-electron chi connectivity index (χ1n) is 3.78. The molecular weight excluding hydrogens is 156 g/mol. The van der Waals surface area contributed by atoms with Gasteiger partial charge in [0.25, 0.3) is 5.91 Å². The molecule has 0 bridgehead atoms. The number of aromatic nitrogens is 3. The van der Waals surface area contributed by atoms with Gasteiger partial charge in [-0.2, -0.15) is 0 Å². The molecule has 0 saturated carbocycles. The summed E-state index contributed by atoms with van der Waals surface area (Å²) in [6, 6.07) is 0.232. The van der Waals surface area contributed by atoms with Gasteiger partial charge in [-0.15, -0.1) is 5.10 Å². The van der Waals surface area contributed by atoms with Gasteiger partial charge in [0, 0.05) is 13.1 Å². The second-order valence-electron chi connectivity index (χ2n) is 2.72. The van der Waals surface area contributed by atoms with E-state index in [0.29, 0.717) is 0 Å². The maximum Gasteiger partial charge on any atom is 0.290 e. The number of rotatable bonds is 2. The molecule has 1 N–H and O–H groups in total. The van der Waals surface area contributed by atoms with Crippen LogP contribution in [0.3, 0.4) is 0 Å². The van der Waals surface area contributed by atoms with Crippen LogP contribution in [0.1, 0.15) is 30.5 Å². The summed E-state index contributed by atoms with van der Waals surface area (Å²) in [7, 11) is 1.55. The minimum atomic E-state index is -0.255. The topological polar surface area (TPSA) is 59.8 Å². The van der Waals surface area contributed by atoms with E-state index >= 15 is 0 Å². The van der Waals surface area contributed by atoms with Crippen molar-refractivity contribution in [3.05, 3.63) is 12.2 Å². The Labute approximate surface area is 70.8 Å². The second kappa shape index (κ2) is 3.34. The second-order valence-corrected chi connectivity index (χ2v) is 2.72. The van der Waals surface area contributed by atoms with Crippen LogP contribution in [0.15, 0.2) is 6.33 Å². The number of carbonyl (C=O) groups excluding carboxylic acids is 1. The number of hydrogen-bond donors (Lipinski definition) is 1. The zero-order valence-electron chi connectivity index (χ0n) is 7.40. The molecule has 66 valence electrons. The van der Waals surface area contributed by atoms with Crippen LogP contribution in [-0.2, 0) is 0 Å². The van der Waals surface area contributed by atoms with Crippen molar-refractivity contribution in [1.82, 2.24) is 20.1 Å². The molecule has 0 atom stereocenters. The fourth-order valence-corrected chi connectivity index (χ4v) is 0.740. The van der Waals surface area contributed by atoms with Crippen LogP contribution < -0.4 is 5.32 Å². The monoisotopic (exact) mass is 168 g/mol. The first kappa shape index (κ1) is 8.70. The summed E-state index contributed by atoms with van der Waals surface area (Å²) in [6.07, 6.45) is 1.55. The molecule has 0 aliphatic carbocycles.